The molecule has 2 amide bonds. The van der Waals surface area contributed by atoms with Crippen molar-refractivity contribution in [1.29, 1.82) is 0 Å². The Morgan fingerprint density at radius 1 is 1.12 bits per heavy atom. The van der Waals surface area contributed by atoms with Gasteiger partial charge in [-0.3, -0.25) is 9.59 Å². The lowest BCUT2D eigenvalue weighted by molar-refractivity contribution is -0.116. The van der Waals surface area contributed by atoms with Crippen molar-refractivity contribution in [3.8, 4) is 5.75 Å². The lowest BCUT2D eigenvalue weighted by Gasteiger charge is -2.26. The molecule has 3 aromatic rings. The van der Waals surface area contributed by atoms with Crippen molar-refractivity contribution in [3.05, 3.63) is 94.0 Å². The van der Waals surface area contributed by atoms with Gasteiger partial charge in [0.15, 0.2) is 0 Å². The first kappa shape index (κ1) is 23.3. The summed E-state index contributed by atoms with van der Waals surface area (Å²) in [4.78, 5) is 39.4. The molecule has 0 fully saturated rings. The van der Waals surface area contributed by atoms with Crippen molar-refractivity contribution in [2.24, 2.45) is 0 Å². The number of hydrogen-bond donors (Lipinski definition) is 1. The molecule has 0 aromatic heterocycles. The number of carbonyl (C=O) groups is 3. The number of esters is 1. The van der Waals surface area contributed by atoms with Gasteiger partial charge in [-0.15, -0.1) is 0 Å². The van der Waals surface area contributed by atoms with E-state index >= 15 is 0 Å². The molecule has 8 heteroatoms. The summed E-state index contributed by atoms with van der Waals surface area (Å²) in [5, 5.41) is 3.16. The second-order valence-corrected chi connectivity index (χ2v) is 8.37. The molecular weight excluding hydrogens is 456 g/mol. The number of benzene rings is 3. The molecule has 1 aliphatic rings. The number of halogens is 1. The molecule has 0 saturated carbocycles. The summed E-state index contributed by atoms with van der Waals surface area (Å²) in [5.41, 5.74) is 2.87. The van der Waals surface area contributed by atoms with Crippen molar-refractivity contribution >= 4 is 35.1 Å². The zero-order chi connectivity index (χ0) is 24.2. The van der Waals surface area contributed by atoms with Gasteiger partial charge in [-0.1, -0.05) is 41.9 Å². The predicted octanol–water partition coefficient (Wildman–Crippen LogP) is 4.51. The van der Waals surface area contributed by atoms with Gasteiger partial charge in [-0.25, -0.2) is 4.79 Å². The summed E-state index contributed by atoms with van der Waals surface area (Å²) in [6.07, 6.45) is 0.0491. The Hall–Kier alpha value is -3.84. The molecule has 3 aromatic carbocycles. The molecule has 0 radical (unpaired) electrons. The van der Waals surface area contributed by atoms with Crippen LogP contribution in [-0.2, 0) is 16.0 Å². The van der Waals surface area contributed by atoms with E-state index in [2.05, 4.69) is 5.32 Å². The number of anilines is 1. The second kappa shape index (κ2) is 9.97. The summed E-state index contributed by atoms with van der Waals surface area (Å²) < 4.78 is 10.8. The summed E-state index contributed by atoms with van der Waals surface area (Å²) in [6.45, 7) is -0.180. The minimum atomic E-state index is -0.419. The minimum absolute atomic E-state index is 0.180. The standard InChI is InChI=1S/C26H23ClN2O5/c1-29(15-24(30)28-21-14-19(27)9-11-22(21)33-2)25(31)17-8-10-20-18(12-17)13-23(34-26(20)32)16-6-4-3-5-7-16/h3-12,14,23H,13,15H2,1-2H3,(H,28,30)/t23-/m0/s1. The summed E-state index contributed by atoms with van der Waals surface area (Å²) in [5.74, 6) is -0.702. The quantitative estimate of drug-likeness (QED) is 0.527. The Morgan fingerprint density at radius 2 is 1.88 bits per heavy atom. The first-order valence-electron chi connectivity index (χ1n) is 10.6. The Bertz CT molecular complexity index is 1250. The Kier molecular flexibility index (Phi) is 6.84. The van der Waals surface area contributed by atoms with Gasteiger partial charge in [0.25, 0.3) is 5.91 Å². The maximum atomic E-state index is 13.0. The fourth-order valence-electron chi connectivity index (χ4n) is 3.86. The van der Waals surface area contributed by atoms with Crippen molar-refractivity contribution in [1.82, 2.24) is 4.90 Å². The number of nitrogens with zero attached hydrogens (tertiary/aromatic N) is 1. The van der Waals surface area contributed by atoms with Crippen LogP contribution in [0.3, 0.4) is 0 Å². The Balaban J connectivity index is 1.47. The molecule has 1 atom stereocenters. The Morgan fingerprint density at radius 3 is 2.62 bits per heavy atom. The van der Waals surface area contributed by atoms with Crippen molar-refractivity contribution < 1.29 is 23.9 Å². The smallest absolute Gasteiger partial charge is 0.339 e. The molecule has 4 rings (SSSR count). The molecule has 0 unspecified atom stereocenters. The van der Waals surface area contributed by atoms with Crippen LogP contribution in [0.25, 0.3) is 0 Å². The van der Waals surface area contributed by atoms with E-state index in [0.717, 1.165) is 11.1 Å². The minimum Gasteiger partial charge on any atom is -0.495 e. The monoisotopic (exact) mass is 478 g/mol. The van der Waals surface area contributed by atoms with Gasteiger partial charge in [0.05, 0.1) is 24.9 Å². The summed E-state index contributed by atoms with van der Waals surface area (Å²) in [7, 11) is 3.03. The lowest BCUT2D eigenvalue weighted by atomic mass is 9.93. The molecule has 1 aliphatic heterocycles. The van der Waals surface area contributed by atoms with Crippen LogP contribution in [0.5, 0.6) is 5.75 Å². The maximum Gasteiger partial charge on any atom is 0.339 e. The normalized spacial score (nSPS) is 14.6. The van der Waals surface area contributed by atoms with E-state index in [-0.39, 0.29) is 12.5 Å². The van der Waals surface area contributed by atoms with Crippen molar-refractivity contribution in [2.75, 3.05) is 26.0 Å². The number of nitrogens with one attached hydrogen (secondary N) is 1. The number of cyclic esters (lactones) is 1. The Labute approximate surface area is 202 Å². The van der Waals surface area contributed by atoms with E-state index in [1.807, 2.05) is 30.3 Å². The molecule has 34 heavy (non-hydrogen) atoms. The van der Waals surface area contributed by atoms with Crippen molar-refractivity contribution in [3.63, 3.8) is 0 Å². The molecule has 1 heterocycles. The molecule has 174 valence electrons. The van der Waals surface area contributed by atoms with Gasteiger partial charge >= 0.3 is 5.97 Å². The SMILES string of the molecule is COc1ccc(Cl)cc1NC(=O)CN(C)C(=O)c1ccc2c(c1)C[C@@H](c1ccccc1)OC2=O. The lowest BCUT2D eigenvalue weighted by Crippen LogP contribution is -2.35. The van der Waals surface area contributed by atoms with Crippen LogP contribution in [0, 0.1) is 0 Å². The van der Waals surface area contributed by atoms with Crippen LogP contribution >= 0.6 is 11.6 Å². The zero-order valence-corrected chi connectivity index (χ0v) is 19.5. The third-order valence-electron chi connectivity index (χ3n) is 5.56. The number of amides is 2. The molecule has 0 spiro atoms. The number of likely N-dealkylation sites (N-methyl/N-ethyl adjacent to an activating group) is 1. The fourth-order valence-corrected chi connectivity index (χ4v) is 4.03. The second-order valence-electron chi connectivity index (χ2n) is 7.93. The number of fused-ring (bicyclic) bond motifs is 1. The third-order valence-corrected chi connectivity index (χ3v) is 5.80. The molecular formula is C26H23ClN2O5. The topological polar surface area (TPSA) is 84.9 Å². The molecule has 0 bridgehead atoms. The van der Waals surface area contributed by atoms with E-state index in [9.17, 15) is 14.4 Å². The van der Waals surface area contributed by atoms with Crippen LogP contribution in [-0.4, -0.2) is 43.4 Å². The average molecular weight is 479 g/mol. The van der Waals surface area contributed by atoms with Crippen LogP contribution in [0.2, 0.25) is 5.02 Å². The van der Waals surface area contributed by atoms with Crippen molar-refractivity contribution in [2.45, 2.75) is 12.5 Å². The first-order chi connectivity index (χ1) is 16.4. The van der Waals surface area contributed by atoms with E-state index in [4.69, 9.17) is 21.1 Å². The fraction of sp³-hybridized carbons (Fsp3) is 0.192. The van der Waals surface area contributed by atoms with Gasteiger partial charge in [0.2, 0.25) is 5.91 Å². The number of hydrogen-bond acceptors (Lipinski definition) is 5. The third kappa shape index (κ3) is 5.05. The van der Waals surface area contributed by atoms with Gasteiger partial charge in [0, 0.05) is 24.1 Å². The number of methoxy groups -OCH3 is 1. The van der Waals surface area contributed by atoms with E-state index in [1.165, 1.54) is 19.1 Å². The van der Waals surface area contributed by atoms with Crippen LogP contribution in [0.4, 0.5) is 5.69 Å². The van der Waals surface area contributed by atoms with Gasteiger partial charge in [-0.2, -0.15) is 0 Å². The highest BCUT2D eigenvalue weighted by Gasteiger charge is 2.28. The summed E-state index contributed by atoms with van der Waals surface area (Å²) in [6, 6.07) is 19.2. The van der Waals surface area contributed by atoms with Crippen LogP contribution in [0.15, 0.2) is 66.7 Å². The average Bonchev–Trinajstić information content (AvgIpc) is 2.83. The first-order valence-corrected chi connectivity index (χ1v) is 11.0. The maximum absolute atomic E-state index is 13.0. The van der Waals surface area contributed by atoms with E-state index in [1.54, 1.807) is 36.4 Å². The largest absolute Gasteiger partial charge is 0.495 e. The molecule has 1 N–H and O–H groups in total. The molecule has 0 saturated heterocycles. The zero-order valence-electron chi connectivity index (χ0n) is 18.7. The molecule has 0 aliphatic carbocycles. The van der Waals surface area contributed by atoms with Gasteiger partial charge < -0.3 is 19.7 Å². The van der Waals surface area contributed by atoms with E-state index < -0.39 is 18.0 Å². The summed E-state index contributed by atoms with van der Waals surface area (Å²) >= 11 is 6.01. The highest BCUT2D eigenvalue weighted by Crippen LogP contribution is 2.31. The number of rotatable bonds is 6. The highest BCUT2D eigenvalue weighted by molar-refractivity contribution is 6.31. The van der Waals surface area contributed by atoms with E-state index in [0.29, 0.717) is 34.0 Å². The van der Waals surface area contributed by atoms with Crippen LogP contribution < -0.4 is 10.1 Å². The van der Waals surface area contributed by atoms with Gasteiger partial charge in [-0.05, 0) is 47.5 Å². The number of ether oxygens (including phenoxy) is 2. The van der Waals surface area contributed by atoms with Crippen LogP contribution in [0.1, 0.15) is 37.9 Å². The predicted molar refractivity (Wildman–Crippen MR) is 128 cm³/mol. The highest BCUT2D eigenvalue weighted by atomic mass is 35.5. The molecule has 7 nitrogen and oxygen atoms in total. The van der Waals surface area contributed by atoms with Gasteiger partial charge in [0.1, 0.15) is 11.9 Å². The number of carbonyl (C=O) groups excluding carboxylic acids is 3.